The Morgan fingerprint density at radius 2 is 1.97 bits per heavy atom. The third-order valence-electron chi connectivity index (χ3n) is 5.72. The van der Waals surface area contributed by atoms with Gasteiger partial charge in [0.2, 0.25) is 0 Å². The van der Waals surface area contributed by atoms with Crippen molar-refractivity contribution in [3.63, 3.8) is 0 Å². The van der Waals surface area contributed by atoms with Crippen LogP contribution < -0.4 is 0 Å². The van der Waals surface area contributed by atoms with Crippen molar-refractivity contribution >= 4 is 17.0 Å². The summed E-state index contributed by atoms with van der Waals surface area (Å²) in [4.78, 5) is 19.2. The molecular weight excluding hydrogens is 413 g/mol. The fourth-order valence-electron chi connectivity index (χ4n) is 4.15. The van der Waals surface area contributed by atoms with Gasteiger partial charge < -0.3 is 13.9 Å². The van der Waals surface area contributed by atoms with Gasteiger partial charge in [0.05, 0.1) is 28.0 Å². The summed E-state index contributed by atoms with van der Waals surface area (Å²) in [5.74, 6) is -0.131. The van der Waals surface area contributed by atoms with E-state index in [9.17, 15) is 18.0 Å². The van der Waals surface area contributed by atoms with Gasteiger partial charge in [0, 0.05) is 19.0 Å². The lowest BCUT2D eigenvalue weighted by Crippen LogP contribution is -2.40. The van der Waals surface area contributed by atoms with E-state index in [1.54, 1.807) is 11.8 Å². The van der Waals surface area contributed by atoms with Gasteiger partial charge in [-0.15, -0.1) is 0 Å². The van der Waals surface area contributed by atoms with Crippen LogP contribution in [0.15, 0.2) is 15.1 Å². The summed E-state index contributed by atoms with van der Waals surface area (Å²) in [6.07, 6.45) is -3.30. The lowest BCUT2D eigenvalue weighted by molar-refractivity contribution is -0.136. The first-order chi connectivity index (χ1) is 14.6. The average molecular weight is 436 g/mol. The second kappa shape index (κ2) is 7.65. The number of hydrogen-bond donors (Lipinski definition) is 0. The molecule has 0 aromatic carbocycles. The molecule has 1 unspecified atom stereocenters. The van der Waals surface area contributed by atoms with Gasteiger partial charge in [-0.3, -0.25) is 4.79 Å². The molecule has 0 radical (unpaired) electrons. The minimum absolute atomic E-state index is 0.00472. The van der Waals surface area contributed by atoms with Crippen molar-refractivity contribution in [3.05, 3.63) is 40.0 Å². The highest BCUT2D eigenvalue weighted by Crippen LogP contribution is 2.38. The SMILES string of the molecule is Cc1onc(C(C)C)c1C(=O)N1CCCC(c2cc(C(F)(F)F)c3c(C)noc3n2)C1. The Balaban J connectivity index is 1.67. The topological polar surface area (TPSA) is 85.3 Å². The predicted octanol–water partition coefficient (Wildman–Crippen LogP) is 4.99. The van der Waals surface area contributed by atoms with Gasteiger partial charge in [-0.2, -0.15) is 13.2 Å². The van der Waals surface area contributed by atoms with Crippen LogP contribution in [0.25, 0.3) is 11.1 Å². The van der Waals surface area contributed by atoms with E-state index >= 15 is 0 Å². The van der Waals surface area contributed by atoms with Crippen molar-refractivity contribution in [2.75, 3.05) is 13.1 Å². The number of aryl methyl sites for hydroxylation is 2. The van der Waals surface area contributed by atoms with E-state index in [1.165, 1.54) is 6.92 Å². The van der Waals surface area contributed by atoms with Gasteiger partial charge in [0.15, 0.2) is 0 Å². The Hall–Kier alpha value is -2.91. The largest absolute Gasteiger partial charge is 0.417 e. The first-order valence-electron chi connectivity index (χ1n) is 10.2. The van der Waals surface area contributed by atoms with Crippen LogP contribution in [0, 0.1) is 13.8 Å². The molecule has 0 saturated carbocycles. The molecule has 0 spiro atoms. The number of pyridine rings is 1. The minimum atomic E-state index is -4.57. The van der Waals surface area contributed by atoms with Crippen LogP contribution in [-0.2, 0) is 6.18 Å². The maximum absolute atomic E-state index is 13.7. The molecule has 0 N–H and O–H groups in total. The summed E-state index contributed by atoms with van der Waals surface area (Å²) in [7, 11) is 0. The van der Waals surface area contributed by atoms with Crippen LogP contribution in [0.4, 0.5) is 13.2 Å². The van der Waals surface area contributed by atoms with Crippen molar-refractivity contribution in [1.29, 1.82) is 0 Å². The zero-order valence-electron chi connectivity index (χ0n) is 17.7. The minimum Gasteiger partial charge on any atom is -0.361 e. The van der Waals surface area contributed by atoms with E-state index < -0.39 is 11.7 Å². The maximum atomic E-state index is 13.7. The van der Waals surface area contributed by atoms with E-state index in [1.807, 2.05) is 13.8 Å². The van der Waals surface area contributed by atoms with Crippen molar-refractivity contribution in [3.8, 4) is 0 Å². The zero-order valence-corrected chi connectivity index (χ0v) is 17.7. The first kappa shape index (κ1) is 21.3. The third kappa shape index (κ3) is 3.79. The number of carbonyl (C=O) groups excluding carboxylic acids is 1. The van der Waals surface area contributed by atoms with Crippen LogP contribution in [0.1, 0.15) is 77.3 Å². The van der Waals surface area contributed by atoms with E-state index in [0.29, 0.717) is 36.4 Å². The Bertz CT molecular complexity index is 1130. The van der Waals surface area contributed by atoms with Gasteiger partial charge in [-0.05, 0) is 38.7 Å². The number of halogens is 3. The van der Waals surface area contributed by atoms with Gasteiger partial charge >= 0.3 is 6.18 Å². The van der Waals surface area contributed by atoms with Crippen LogP contribution in [0.5, 0.6) is 0 Å². The molecule has 166 valence electrons. The molecule has 4 rings (SSSR count). The first-order valence-corrected chi connectivity index (χ1v) is 10.2. The molecule has 1 aliphatic heterocycles. The molecule has 10 heteroatoms. The van der Waals surface area contributed by atoms with Crippen molar-refractivity contribution < 1.29 is 27.0 Å². The molecule has 7 nitrogen and oxygen atoms in total. The predicted molar refractivity (Wildman–Crippen MR) is 105 cm³/mol. The highest BCUT2D eigenvalue weighted by molar-refractivity contribution is 5.96. The van der Waals surface area contributed by atoms with E-state index in [2.05, 4.69) is 15.3 Å². The summed E-state index contributed by atoms with van der Waals surface area (Å²) in [5, 5.41) is 7.53. The number of amides is 1. The molecule has 31 heavy (non-hydrogen) atoms. The van der Waals surface area contributed by atoms with Crippen molar-refractivity contribution in [2.45, 2.75) is 58.5 Å². The molecule has 0 bridgehead atoms. The number of fused-ring (bicyclic) bond motifs is 1. The molecule has 1 saturated heterocycles. The maximum Gasteiger partial charge on any atom is 0.417 e. The van der Waals surface area contributed by atoms with E-state index in [0.717, 1.165) is 6.07 Å². The Morgan fingerprint density at radius 3 is 2.65 bits per heavy atom. The summed E-state index contributed by atoms with van der Waals surface area (Å²) in [6, 6.07) is 1.06. The Morgan fingerprint density at radius 1 is 1.23 bits per heavy atom. The fraction of sp³-hybridized carbons (Fsp3) is 0.524. The Labute approximate surface area is 176 Å². The molecule has 4 heterocycles. The van der Waals surface area contributed by atoms with Gasteiger partial charge in [-0.1, -0.05) is 24.2 Å². The molecule has 3 aromatic heterocycles. The van der Waals surface area contributed by atoms with Crippen molar-refractivity contribution in [1.82, 2.24) is 20.2 Å². The summed E-state index contributed by atoms with van der Waals surface area (Å²) >= 11 is 0. The molecule has 1 amide bonds. The number of alkyl halides is 3. The standard InChI is InChI=1S/C21H23F3N4O3/c1-10(2)18-17(12(4)30-27-18)20(29)28-7-5-6-13(9-28)15-8-14(21(22,23)24)16-11(3)26-31-19(16)25-15/h8,10,13H,5-7,9H2,1-4H3. The number of likely N-dealkylation sites (tertiary alicyclic amines) is 1. The highest BCUT2D eigenvalue weighted by Gasteiger charge is 2.37. The van der Waals surface area contributed by atoms with Crippen LogP contribution in [0.2, 0.25) is 0 Å². The average Bonchev–Trinajstić information content (AvgIpc) is 3.29. The summed E-state index contributed by atoms with van der Waals surface area (Å²) < 4.78 is 51.4. The fourth-order valence-corrected chi connectivity index (χ4v) is 4.15. The third-order valence-corrected chi connectivity index (χ3v) is 5.72. The van der Waals surface area contributed by atoms with Crippen LogP contribution >= 0.6 is 0 Å². The lowest BCUT2D eigenvalue weighted by Gasteiger charge is -2.32. The number of carbonyl (C=O) groups is 1. The summed E-state index contributed by atoms with van der Waals surface area (Å²) in [6.45, 7) is 7.74. The zero-order chi connectivity index (χ0) is 22.5. The van der Waals surface area contributed by atoms with Crippen molar-refractivity contribution in [2.24, 2.45) is 0 Å². The van der Waals surface area contributed by atoms with Gasteiger partial charge in [0.25, 0.3) is 11.6 Å². The number of rotatable bonds is 3. The normalized spacial score (nSPS) is 17.7. The number of aromatic nitrogens is 3. The molecule has 1 atom stereocenters. The number of piperidine rings is 1. The highest BCUT2D eigenvalue weighted by atomic mass is 19.4. The molecular formula is C21H23F3N4O3. The van der Waals surface area contributed by atoms with E-state index in [4.69, 9.17) is 9.05 Å². The van der Waals surface area contributed by atoms with Crippen LogP contribution in [-0.4, -0.2) is 39.2 Å². The lowest BCUT2D eigenvalue weighted by atomic mass is 9.92. The number of hydrogen-bond acceptors (Lipinski definition) is 6. The monoisotopic (exact) mass is 436 g/mol. The smallest absolute Gasteiger partial charge is 0.361 e. The Kier molecular flexibility index (Phi) is 5.26. The van der Waals surface area contributed by atoms with E-state index in [-0.39, 0.29) is 46.8 Å². The quantitative estimate of drug-likeness (QED) is 0.575. The molecule has 0 aliphatic carbocycles. The van der Waals surface area contributed by atoms with Crippen LogP contribution in [0.3, 0.4) is 0 Å². The summed E-state index contributed by atoms with van der Waals surface area (Å²) in [5.41, 5.74) is 0.460. The van der Waals surface area contributed by atoms with Gasteiger partial charge in [0.1, 0.15) is 11.3 Å². The van der Waals surface area contributed by atoms with Gasteiger partial charge in [-0.25, -0.2) is 4.98 Å². The molecule has 1 aliphatic rings. The number of nitrogens with zero attached hydrogens (tertiary/aromatic N) is 4. The second-order valence-corrected chi connectivity index (χ2v) is 8.28. The molecule has 1 fully saturated rings. The second-order valence-electron chi connectivity index (χ2n) is 8.28. The molecule has 3 aromatic rings.